The molecular weight excluding hydrogens is 382 g/mol. The molecule has 1 aromatic carbocycles. The second kappa shape index (κ2) is 10.3. The van der Waals surface area contributed by atoms with Gasteiger partial charge in [-0.05, 0) is 61.7 Å². The van der Waals surface area contributed by atoms with Crippen molar-refractivity contribution in [3.8, 4) is 5.75 Å². The fraction of sp³-hybridized carbons (Fsp3) is 0.478. The van der Waals surface area contributed by atoms with E-state index < -0.39 is 11.9 Å². The van der Waals surface area contributed by atoms with E-state index in [1.807, 2.05) is 32.0 Å². The summed E-state index contributed by atoms with van der Waals surface area (Å²) in [7, 11) is 1.65. The van der Waals surface area contributed by atoms with Crippen LogP contribution in [0.15, 0.2) is 47.1 Å². The highest BCUT2D eigenvalue weighted by Gasteiger charge is 2.28. The first-order chi connectivity index (χ1) is 14.5. The number of methoxy groups -OCH3 is 1. The molecule has 0 aliphatic carbocycles. The van der Waals surface area contributed by atoms with Gasteiger partial charge in [0.15, 0.2) is 5.76 Å². The van der Waals surface area contributed by atoms with Gasteiger partial charge in [0.25, 0.3) is 5.91 Å². The molecule has 2 N–H and O–H groups in total. The molecule has 0 spiro atoms. The highest BCUT2D eigenvalue weighted by atomic mass is 16.5. The lowest BCUT2D eigenvalue weighted by atomic mass is 10.0. The second-order valence-corrected chi connectivity index (χ2v) is 7.95. The average molecular weight is 414 g/mol. The van der Waals surface area contributed by atoms with Crippen molar-refractivity contribution in [3.05, 3.63) is 54.0 Å². The fourth-order valence-corrected chi connectivity index (χ4v) is 3.82. The number of nitrogens with one attached hydrogen (secondary N) is 2. The SMILES string of the molecule is COc1cccc([C@H](CNC(=O)[C@@H](NC(=O)c2ccco2)C(C)C)N2CCCC2)c1. The molecule has 0 saturated carbocycles. The summed E-state index contributed by atoms with van der Waals surface area (Å²) >= 11 is 0. The Morgan fingerprint density at radius 3 is 2.57 bits per heavy atom. The minimum Gasteiger partial charge on any atom is -0.497 e. The van der Waals surface area contributed by atoms with Crippen molar-refractivity contribution in [2.45, 2.75) is 38.8 Å². The van der Waals surface area contributed by atoms with Gasteiger partial charge in [-0.2, -0.15) is 0 Å². The molecule has 0 bridgehead atoms. The van der Waals surface area contributed by atoms with Gasteiger partial charge < -0.3 is 19.8 Å². The topological polar surface area (TPSA) is 83.8 Å². The Hall–Kier alpha value is -2.80. The van der Waals surface area contributed by atoms with Gasteiger partial charge in [-0.25, -0.2) is 0 Å². The zero-order chi connectivity index (χ0) is 21.5. The van der Waals surface area contributed by atoms with Gasteiger partial charge in [-0.15, -0.1) is 0 Å². The zero-order valence-electron chi connectivity index (χ0n) is 17.9. The molecule has 2 amide bonds. The van der Waals surface area contributed by atoms with Crippen LogP contribution in [0.4, 0.5) is 0 Å². The molecular formula is C23H31N3O4. The summed E-state index contributed by atoms with van der Waals surface area (Å²) in [5.74, 6) is 0.342. The lowest BCUT2D eigenvalue weighted by Crippen LogP contribution is -2.51. The van der Waals surface area contributed by atoms with Crippen LogP contribution in [0.3, 0.4) is 0 Å². The van der Waals surface area contributed by atoms with E-state index in [9.17, 15) is 9.59 Å². The molecule has 1 fully saturated rings. The second-order valence-electron chi connectivity index (χ2n) is 7.95. The number of benzene rings is 1. The Morgan fingerprint density at radius 1 is 1.17 bits per heavy atom. The first-order valence-corrected chi connectivity index (χ1v) is 10.5. The number of carbonyl (C=O) groups excluding carboxylic acids is 2. The summed E-state index contributed by atoms with van der Waals surface area (Å²) in [4.78, 5) is 27.7. The number of ether oxygens (including phenoxy) is 1. The van der Waals surface area contributed by atoms with Crippen molar-refractivity contribution in [1.82, 2.24) is 15.5 Å². The van der Waals surface area contributed by atoms with E-state index in [1.54, 1.807) is 19.2 Å². The standard InChI is InChI=1S/C23H31N3O4/c1-16(2)21(25-22(27)20-10-7-13-30-20)23(28)24-15-19(26-11-4-5-12-26)17-8-6-9-18(14-17)29-3/h6-10,13-14,16,19,21H,4-5,11-12,15H2,1-3H3,(H,24,28)(H,25,27)/t19-,21-/m0/s1. The summed E-state index contributed by atoms with van der Waals surface area (Å²) in [6.45, 7) is 6.28. The molecule has 1 aromatic heterocycles. The normalized spacial score (nSPS) is 16.3. The van der Waals surface area contributed by atoms with Crippen LogP contribution in [0.5, 0.6) is 5.75 Å². The number of hydrogen-bond donors (Lipinski definition) is 2. The Bertz CT molecular complexity index is 829. The third-order valence-corrected chi connectivity index (χ3v) is 5.51. The molecule has 1 aliphatic rings. The molecule has 2 atom stereocenters. The first-order valence-electron chi connectivity index (χ1n) is 10.5. The van der Waals surface area contributed by atoms with E-state index in [0.29, 0.717) is 6.54 Å². The number of hydrogen-bond acceptors (Lipinski definition) is 5. The molecule has 2 heterocycles. The number of carbonyl (C=O) groups is 2. The molecule has 162 valence electrons. The molecule has 7 heteroatoms. The third kappa shape index (κ3) is 5.42. The lowest BCUT2D eigenvalue weighted by Gasteiger charge is -2.29. The summed E-state index contributed by atoms with van der Waals surface area (Å²) in [6.07, 6.45) is 3.75. The van der Waals surface area contributed by atoms with Crippen LogP contribution in [0.1, 0.15) is 48.8 Å². The lowest BCUT2D eigenvalue weighted by molar-refractivity contribution is -0.124. The molecule has 7 nitrogen and oxygen atoms in total. The highest BCUT2D eigenvalue weighted by molar-refractivity contribution is 5.95. The maximum Gasteiger partial charge on any atom is 0.287 e. The number of likely N-dealkylation sites (tertiary alicyclic amines) is 1. The van der Waals surface area contributed by atoms with Gasteiger partial charge >= 0.3 is 0 Å². The quantitative estimate of drug-likeness (QED) is 0.660. The predicted molar refractivity (Wildman–Crippen MR) is 114 cm³/mol. The first kappa shape index (κ1) is 21.9. The molecule has 0 radical (unpaired) electrons. The van der Waals surface area contributed by atoms with Crippen LogP contribution in [0.2, 0.25) is 0 Å². The van der Waals surface area contributed by atoms with Crippen molar-refractivity contribution in [2.75, 3.05) is 26.7 Å². The number of amides is 2. The summed E-state index contributed by atoms with van der Waals surface area (Å²) in [5.41, 5.74) is 1.11. The summed E-state index contributed by atoms with van der Waals surface area (Å²) in [6, 6.07) is 10.6. The zero-order valence-corrected chi connectivity index (χ0v) is 17.9. The highest BCUT2D eigenvalue weighted by Crippen LogP contribution is 2.27. The van der Waals surface area contributed by atoms with Gasteiger partial charge in [0, 0.05) is 6.54 Å². The minimum absolute atomic E-state index is 0.0557. The van der Waals surface area contributed by atoms with Crippen molar-refractivity contribution >= 4 is 11.8 Å². The van der Waals surface area contributed by atoms with Crippen molar-refractivity contribution < 1.29 is 18.7 Å². The monoisotopic (exact) mass is 413 g/mol. The summed E-state index contributed by atoms with van der Waals surface area (Å²) < 4.78 is 10.5. The number of furan rings is 1. The maximum atomic E-state index is 13.0. The maximum absolute atomic E-state index is 13.0. The van der Waals surface area contributed by atoms with Crippen LogP contribution in [-0.2, 0) is 4.79 Å². The van der Waals surface area contributed by atoms with Crippen molar-refractivity contribution in [2.24, 2.45) is 5.92 Å². The number of rotatable bonds is 9. The molecule has 3 rings (SSSR count). The van der Waals surface area contributed by atoms with Crippen LogP contribution < -0.4 is 15.4 Å². The summed E-state index contributed by atoms with van der Waals surface area (Å²) in [5, 5.41) is 5.85. The van der Waals surface area contributed by atoms with Crippen molar-refractivity contribution in [1.29, 1.82) is 0 Å². The van der Waals surface area contributed by atoms with E-state index >= 15 is 0 Å². The Labute approximate surface area is 177 Å². The van der Waals surface area contributed by atoms with Crippen LogP contribution in [-0.4, -0.2) is 49.5 Å². The van der Waals surface area contributed by atoms with Gasteiger partial charge in [-0.3, -0.25) is 14.5 Å². The van der Waals surface area contributed by atoms with E-state index in [2.05, 4.69) is 21.6 Å². The average Bonchev–Trinajstić information content (AvgIpc) is 3.46. The van der Waals surface area contributed by atoms with E-state index in [0.717, 1.165) is 37.2 Å². The Balaban J connectivity index is 1.69. The van der Waals surface area contributed by atoms with E-state index in [4.69, 9.17) is 9.15 Å². The third-order valence-electron chi connectivity index (χ3n) is 5.51. The molecule has 1 aliphatic heterocycles. The van der Waals surface area contributed by atoms with Crippen LogP contribution >= 0.6 is 0 Å². The predicted octanol–water partition coefficient (Wildman–Crippen LogP) is 3.00. The fourth-order valence-electron chi connectivity index (χ4n) is 3.82. The van der Waals surface area contributed by atoms with E-state index in [-0.39, 0.29) is 23.6 Å². The van der Waals surface area contributed by atoms with Gasteiger partial charge in [-0.1, -0.05) is 26.0 Å². The van der Waals surface area contributed by atoms with Crippen molar-refractivity contribution in [3.63, 3.8) is 0 Å². The molecule has 0 unspecified atom stereocenters. The molecule has 1 saturated heterocycles. The minimum atomic E-state index is -0.646. The van der Waals surface area contributed by atoms with E-state index in [1.165, 1.54) is 6.26 Å². The van der Waals surface area contributed by atoms with Gasteiger partial charge in [0.2, 0.25) is 5.91 Å². The number of nitrogens with zero attached hydrogens (tertiary/aromatic N) is 1. The largest absolute Gasteiger partial charge is 0.497 e. The Kier molecular flexibility index (Phi) is 7.52. The van der Waals surface area contributed by atoms with Crippen LogP contribution in [0.25, 0.3) is 0 Å². The Morgan fingerprint density at radius 2 is 1.93 bits per heavy atom. The van der Waals surface area contributed by atoms with Crippen LogP contribution in [0, 0.1) is 5.92 Å². The van der Waals surface area contributed by atoms with Gasteiger partial charge in [0.05, 0.1) is 19.4 Å². The van der Waals surface area contributed by atoms with Gasteiger partial charge in [0.1, 0.15) is 11.8 Å². The molecule has 30 heavy (non-hydrogen) atoms. The smallest absolute Gasteiger partial charge is 0.287 e. The molecule has 2 aromatic rings.